The van der Waals surface area contributed by atoms with Crippen LogP contribution in [0.25, 0.3) is 0 Å². The van der Waals surface area contributed by atoms with Crippen LogP contribution < -0.4 is 0 Å². The minimum absolute atomic E-state index is 0.0357. The lowest BCUT2D eigenvalue weighted by molar-refractivity contribution is -0.870. The number of phosphoric acid groups is 1. The lowest BCUT2D eigenvalue weighted by atomic mass is 10.0. The third-order valence-electron chi connectivity index (χ3n) is 7.89. The number of phosphoric ester groups is 1. The highest BCUT2D eigenvalue weighted by atomic mass is 31.2. The van der Waals surface area contributed by atoms with Gasteiger partial charge in [0.05, 0.1) is 27.7 Å². The Kier molecular flexibility index (Phi) is 28.5. The number of esters is 2. The van der Waals surface area contributed by atoms with Gasteiger partial charge in [0.25, 0.3) is 0 Å². The monoisotopic (exact) mass is 664 g/mol. The Balaban J connectivity index is 4.29. The smallest absolute Gasteiger partial charge is 0.462 e. The number of carbonyl (C=O) groups is 2. The van der Waals surface area contributed by atoms with Gasteiger partial charge >= 0.3 is 19.8 Å². The molecule has 0 saturated heterocycles. The van der Waals surface area contributed by atoms with Crippen LogP contribution >= 0.6 is 7.82 Å². The number of rotatable bonds is 33. The summed E-state index contributed by atoms with van der Waals surface area (Å²) in [6, 6.07) is 0. The number of unbranched alkanes of at least 4 members (excludes halogenated alkanes) is 19. The molecule has 0 fully saturated rings. The summed E-state index contributed by atoms with van der Waals surface area (Å²) >= 11 is 0. The zero-order valence-corrected chi connectivity index (χ0v) is 30.8. The fourth-order valence-corrected chi connectivity index (χ4v) is 5.70. The van der Waals surface area contributed by atoms with E-state index >= 15 is 0 Å². The molecule has 0 heterocycles. The molecule has 0 amide bonds. The van der Waals surface area contributed by atoms with Crippen LogP contribution in [0.1, 0.15) is 162 Å². The van der Waals surface area contributed by atoms with Crippen LogP contribution in [0.15, 0.2) is 0 Å². The van der Waals surface area contributed by atoms with E-state index in [1.165, 1.54) is 83.5 Å². The van der Waals surface area contributed by atoms with Gasteiger partial charge in [-0.25, -0.2) is 4.57 Å². The van der Waals surface area contributed by atoms with Crippen LogP contribution in [-0.4, -0.2) is 74.9 Å². The van der Waals surface area contributed by atoms with E-state index in [9.17, 15) is 19.0 Å². The van der Waals surface area contributed by atoms with Crippen LogP contribution in [0.5, 0.6) is 0 Å². The molecular weight excluding hydrogens is 593 g/mol. The molecule has 0 aromatic rings. The second-order valence-electron chi connectivity index (χ2n) is 13.6. The van der Waals surface area contributed by atoms with Crippen LogP contribution in [0, 0.1) is 0 Å². The van der Waals surface area contributed by atoms with Gasteiger partial charge in [-0.3, -0.25) is 18.6 Å². The number of hydrogen-bond acceptors (Lipinski definition) is 7. The number of ether oxygens (including phenoxy) is 2. The van der Waals surface area contributed by atoms with E-state index in [2.05, 4.69) is 13.8 Å². The van der Waals surface area contributed by atoms with Gasteiger partial charge in [-0.05, 0) is 12.8 Å². The van der Waals surface area contributed by atoms with Gasteiger partial charge < -0.3 is 18.9 Å². The van der Waals surface area contributed by atoms with Gasteiger partial charge in [0.2, 0.25) is 0 Å². The van der Waals surface area contributed by atoms with E-state index in [4.69, 9.17) is 18.5 Å². The average molecular weight is 665 g/mol. The maximum absolute atomic E-state index is 12.4. The predicted octanol–water partition coefficient (Wildman–Crippen LogP) is 9.29. The molecule has 268 valence electrons. The molecule has 0 saturated carbocycles. The number of carbonyl (C=O) groups excluding carboxylic acids is 2. The van der Waals surface area contributed by atoms with Gasteiger partial charge in [0.15, 0.2) is 6.10 Å². The zero-order chi connectivity index (χ0) is 33.7. The number of hydrogen-bond donors (Lipinski definition) is 1. The highest BCUT2D eigenvalue weighted by molar-refractivity contribution is 7.47. The second kappa shape index (κ2) is 29.2. The van der Waals surface area contributed by atoms with E-state index < -0.39 is 26.5 Å². The van der Waals surface area contributed by atoms with Crippen molar-refractivity contribution in [1.82, 2.24) is 0 Å². The highest BCUT2D eigenvalue weighted by Crippen LogP contribution is 2.43. The van der Waals surface area contributed by atoms with Crippen molar-refractivity contribution in [1.29, 1.82) is 0 Å². The third kappa shape index (κ3) is 32.7. The fourth-order valence-electron chi connectivity index (χ4n) is 4.95. The molecule has 0 aliphatic rings. The third-order valence-corrected chi connectivity index (χ3v) is 8.87. The minimum Gasteiger partial charge on any atom is -0.462 e. The summed E-state index contributed by atoms with van der Waals surface area (Å²) in [4.78, 5) is 34.9. The summed E-state index contributed by atoms with van der Waals surface area (Å²) in [5.41, 5.74) is 0. The summed E-state index contributed by atoms with van der Waals surface area (Å²) in [5.74, 6) is -0.802. The van der Waals surface area contributed by atoms with Gasteiger partial charge in [0.1, 0.15) is 19.8 Å². The topological polar surface area (TPSA) is 108 Å². The minimum atomic E-state index is -4.35. The first kappa shape index (κ1) is 44.0. The number of nitrogens with zero attached hydrogens (tertiary/aromatic N) is 1. The molecule has 0 aromatic carbocycles. The van der Waals surface area contributed by atoms with E-state index in [0.717, 1.165) is 44.9 Å². The largest absolute Gasteiger partial charge is 0.472 e. The van der Waals surface area contributed by atoms with Crippen molar-refractivity contribution >= 4 is 19.8 Å². The van der Waals surface area contributed by atoms with Crippen LogP contribution in [0.2, 0.25) is 0 Å². The van der Waals surface area contributed by atoms with Gasteiger partial charge in [-0.1, -0.05) is 136 Å². The zero-order valence-electron chi connectivity index (χ0n) is 29.9. The Morgan fingerprint density at radius 1 is 0.600 bits per heavy atom. The molecule has 0 radical (unpaired) electrons. The molecule has 0 spiro atoms. The van der Waals surface area contributed by atoms with Crippen molar-refractivity contribution in [2.75, 3.05) is 47.5 Å². The first-order chi connectivity index (χ1) is 21.5. The Bertz CT molecular complexity index is 758. The number of quaternary nitrogens is 1. The lowest BCUT2D eigenvalue weighted by Crippen LogP contribution is -2.37. The van der Waals surface area contributed by atoms with Gasteiger partial charge in [-0.15, -0.1) is 0 Å². The average Bonchev–Trinajstić information content (AvgIpc) is 2.97. The van der Waals surface area contributed by atoms with Crippen LogP contribution in [0.3, 0.4) is 0 Å². The predicted molar refractivity (Wildman–Crippen MR) is 183 cm³/mol. The summed E-state index contributed by atoms with van der Waals surface area (Å²) in [6.45, 7) is 4.35. The van der Waals surface area contributed by atoms with E-state index in [-0.39, 0.29) is 25.6 Å². The maximum atomic E-state index is 12.4. The van der Waals surface area contributed by atoms with E-state index in [1.807, 2.05) is 21.1 Å². The fraction of sp³-hybridized carbons (Fsp3) is 0.943. The molecule has 0 bridgehead atoms. The second-order valence-corrected chi connectivity index (χ2v) is 15.1. The highest BCUT2D eigenvalue weighted by Gasteiger charge is 2.27. The van der Waals surface area contributed by atoms with Crippen molar-refractivity contribution in [3.63, 3.8) is 0 Å². The van der Waals surface area contributed by atoms with Gasteiger partial charge in [0, 0.05) is 12.8 Å². The van der Waals surface area contributed by atoms with E-state index in [0.29, 0.717) is 23.9 Å². The molecule has 0 aliphatic heterocycles. The molecule has 45 heavy (non-hydrogen) atoms. The molecule has 0 aliphatic carbocycles. The Morgan fingerprint density at radius 3 is 1.42 bits per heavy atom. The van der Waals surface area contributed by atoms with Crippen molar-refractivity contribution in [3.8, 4) is 0 Å². The number of likely N-dealkylation sites (N-methyl/N-ethyl adjacent to an activating group) is 1. The van der Waals surface area contributed by atoms with E-state index in [1.54, 1.807) is 0 Å². The lowest BCUT2D eigenvalue weighted by Gasteiger charge is -2.24. The molecule has 10 heteroatoms. The molecule has 1 unspecified atom stereocenters. The van der Waals surface area contributed by atoms with Crippen LogP contribution in [0.4, 0.5) is 0 Å². The van der Waals surface area contributed by atoms with Crippen molar-refractivity contribution in [2.24, 2.45) is 0 Å². The Hall–Kier alpha value is -0.990. The molecule has 1 N–H and O–H groups in total. The maximum Gasteiger partial charge on any atom is 0.472 e. The first-order valence-electron chi connectivity index (χ1n) is 18.3. The molecular formula is C35H71NO8P+. The van der Waals surface area contributed by atoms with Crippen molar-refractivity contribution in [2.45, 2.75) is 168 Å². The first-order valence-corrected chi connectivity index (χ1v) is 19.8. The standard InChI is InChI=1S/C35H70NO8P/c1-6-8-10-12-14-15-16-17-18-19-20-21-22-24-25-27-34(37)41-31-33(44-35(38)28-26-23-13-11-9-7-2)32-43-45(39,40)42-30-29-36(3,4)5/h33H,6-32H2,1-5H3/p+1/t33-/m1/s1. The molecule has 0 aromatic heterocycles. The molecule has 2 atom stereocenters. The van der Waals surface area contributed by atoms with Crippen molar-refractivity contribution in [3.05, 3.63) is 0 Å². The summed E-state index contributed by atoms with van der Waals surface area (Å²) in [6.07, 6.45) is 24.6. The quantitative estimate of drug-likeness (QED) is 0.0320. The normalized spacial score (nSPS) is 13.8. The molecule has 9 nitrogen and oxygen atoms in total. The SMILES string of the molecule is CCCCCCCCCCCCCCCCCC(=O)OC[C@H](COP(=O)(O)OCC[N+](C)(C)C)OC(=O)CCCCCCCC. The summed E-state index contributed by atoms with van der Waals surface area (Å²) < 4.78 is 33.9. The van der Waals surface area contributed by atoms with Crippen LogP contribution in [-0.2, 0) is 32.7 Å². The Morgan fingerprint density at radius 2 is 1.00 bits per heavy atom. The summed E-state index contributed by atoms with van der Waals surface area (Å²) in [5, 5.41) is 0. The molecule has 0 rings (SSSR count). The van der Waals surface area contributed by atoms with Gasteiger partial charge in [-0.2, -0.15) is 0 Å². The summed E-state index contributed by atoms with van der Waals surface area (Å²) in [7, 11) is 1.48. The Labute approximate surface area is 276 Å². The van der Waals surface area contributed by atoms with Crippen molar-refractivity contribution < 1.29 is 42.1 Å².